The summed E-state index contributed by atoms with van der Waals surface area (Å²) in [5.41, 5.74) is 6.64. The normalized spacial score (nSPS) is 16.9. The molecular formula is C68H104N14O19S2. The second kappa shape index (κ2) is 38.7. The van der Waals surface area contributed by atoms with E-state index in [1.165, 1.54) is 38.3 Å². The van der Waals surface area contributed by atoms with E-state index in [9.17, 15) is 65.1 Å². The lowest BCUT2D eigenvalue weighted by Crippen LogP contribution is -2.60. The number of carbonyl (C=O) groups excluding carboxylic acids is 9. The minimum Gasteiger partial charge on any atom is -0.445 e. The highest BCUT2D eigenvalue weighted by molar-refractivity contribution is 7.90. The minimum atomic E-state index is -4.00. The Balaban J connectivity index is 1.22. The monoisotopic (exact) mass is 1480 g/mol. The van der Waals surface area contributed by atoms with Crippen LogP contribution in [0.25, 0.3) is 0 Å². The molecule has 0 spiro atoms. The first kappa shape index (κ1) is 85.0. The third kappa shape index (κ3) is 24.2. The molecule has 33 nitrogen and oxygen atoms in total. The Hall–Kier alpha value is -8.67. The number of aromatic nitrogens is 4. The summed E-state index contributed by atoms with van der Waals surface area (Å²) in [6, 6.07) is 7.84. The summed E-state index contributed by atoms with van der Waals surface area (Å²) < 4.78 is 76.9. The Morgan fingerprint density at radius 1 is 0.718 bits per heavy atom. The van der Waals surface area contributed by atoms with Gasteiger partial charge in [-0.05, 0) is 79.5 Å². The third-order valence-corrected chi connectivity index (χ3v) is 19.8. The number of aliphatic hydroxyl groups is 1. The fraction of sp³-hybridized carbons (Fsp3) is 0.632. The van der Waals surface area contributed by atoms with Crippen molar-refractivity contribution in [2.75, 3.05) is 59.2 Å². The van der Waals surface area contributed by atoms with Crippen molar-refractivity contribution in [2.24, 2.45) is 35.3 Å². The predicted molar refractivity (Wildman–Crippen MR) is 375 cm³/mol. The van der Waals surface area contributed by atoms with E-state index in [4.69, 9.17) is 28.8 Å². The van der Waals surface area contributed by atoms with Gasteiger partial charge in [0.15, 0.2) is 0 Å². The van der Waals surface area contributed by atoms with Crippen molar-refractivity contribution in [3.63, 3.8) is 0 Å². The Bertz CT molecular complexity index is 3750. The summed E-state index contributed by atoms with van der Waals surface area (Å²) in [7, 11) is -1.93. The van der Waals surface area contributed by atoms with Gasteiger partial charge in [-0.15, -0.1) is 10.2 Å². The first-order chi connectivity index (χ1) is 48.3. The molecule has 0 bridgehead atoms. The largest absolute Gasteiger partial charge is 0.445 e. The number of hydrogen-bond donors (Lipinski definition) is 8. The number of rotatable bonds is 39. The van der Waals surface area contributed by atoms with E-state index in [1.807, 2.05) is 19.9 Å². The number of hydrogen-bond acceptors (Lipinski definition) is 23. The molecule has 2 aromatic heterocycles. The number of benzene rings is 2. The van der Waals surface area contributed by atoms with Crippen molar-refractivity contribution in [3.05, 3.63) is 77.5 Å². The number of anilines is 1. The summed E-state index contributed by atoms with van der Waals surface area (Å²) in [6.07, 6.45) is -0.748. The zero-order valence-corrected chi connectivity index (χ0v) is 63.2. The molecule has 1 aliphatic rings. The van der Waals surface area contributed by atoms with Crippen molar-refractivity contribution >= 4 is 78.8 Å². The molecule has 103 heavy (non-hydrogen) atoms. The van der Waals surface area contributed by atoms with Crippen LogP contribution in [0.4, 0.5) is 15.3 Å². The average Bonchev–Trinajstić information content (AvgIpc) is 1.81. The SMILES string of the molecule is CC[C@H](C)[C@@H]([C@@H](CC(=O)N1CCC[C@H]1[C@H](OC)[C@@H](C)C(=O)N[C@H](C)[C@@H](O)c1ccccc1)OC)N(C)C(=O)[C@@H](NC(=O)[C@H](C(C)C)N(C)C(=O)OCc1ccc(NC(=O)[C@H](CCCNC(N)=O)NC(=O)[C@@H](NC(=O)CC(Cc2nnc(S(C)(=O)=O)o2)c2nnc(S(C)(=O)=O)o2)C(C)C)cc1)C(C)C. The number of sulfone groups is 2. The van der Waals surface area contributed by atoms with Crippen molar-refractivity contribution in [1.82, 2.24) is 61.7 Å². The highest BCUT2D eigenvalue weighted by Gasteiger charge is 2.44. The Morgan fingerprint density at radius 2 is 1.34 bits per heavy atom. The van der Waals surface area contributed by atoms with Crippen LogP contribution in [0.3, 0.4) is 0 Å². The molecule has 1 saturated heterocycles. The molecule has 13 atom stereocenters. The zero-order valence-electron chi connectivity index (χ0n) is 61.5. The molecule has 3 heterocycles. The first-order valence-electron chi connectivity index (χ1n) is 34.3. The van der Waals surface area contributed by atoms with Gasteiger partial charge in [-0.1, -0.05) is 121 Å². The third-order valence-electron chi connectivity index (χ3n) is 18.2. The highest BCUT2D eigenvalue weighted by atomic mass is 32.2. The van der Waals surface area contributed by atoms with Crippen LogP contribution in [-0.4, -0.2) is 219 Å². The molecule has 572 valence electrons. The van der Waals surface area contributed by atoms with Crippen LogP contribution >= 0.6 is 0 Å². The van der Waals surface area contributed by atoms with Gasteiger partial charge in [0.25, 0.3) is 0 Å². The number of primary amides is 1. The fourth-order valence-corrected chi connectivity index (χ4v) is 13.2. The van der Waals surface area contributed by atoms with E-state index in [0.717, 1.165) is 17.4 Å². The number of methoxy groups -OCH3 is 2. The lowest BCUT2D eigenvalue weighted by atomic mass is 9.89. The van der Waals surface area contributed by atoms with Gasteiger partial charge < -0.3 is 75.6 Å². The quantitative estimate of drug-likeness (QED) is 0.0296. The average molecular weight is 1490 g/mol. The van der Waals surface area contributed by atoms with Gasteiger partial charge in [-0.2, -0.15) is 0 Å². The number of likely N-dealkylation sites (tertiary alicyclic amines) is 1. The van der Waals surface area contributed by atoms with Crippen LogP contribution in [0.1, 0.15) is 149 Å². The zero-order chi connectivity index (χ0) is 77.0. The van der Waals surface area contributed by atoms with E-state index in [-0.39, 0.29) is 74.0 Å². The molecule has 0 radical (unpaired) electrons. The molecule has 9 N–H and O–H groups in total. The van der Waals surface area contributed by atoms with Crippen LogP contribution in [0, 0.1) is 29.6 Å². The number of nitrogens with two attached hydrogens (primary N) is 1. The lowest BCUT2D eigenvalue weighted by molar-refractivity contribution is -0.148. The lowest BCUT2D eigenvalue weighted by Gasteiger charge is -2.41. The maximum absolute atomic E-state index is 14.9. The van der Waals surface area contributed by atoms with E-state index >= 15 is 0 Å². The Labute approximate surface area is 602 Å². The maximum atomic E-state index is 14.9. The van der Waals surface area contributed by atoms with Gasteiger partial charge in [-0.3, -0.25) is 38.5 Å². The van der Waals surface area contributed by atoms with Crippen LogP contribution in [-0.2, 0) is 80.5 Å². The van der Waals surface area contributed by atoms with Crippen molar-refractivity contribution in [3.8, 4) is 0 Å². The molecule has 1 unspecified atom stereocenters. The number of ether oxygens (including phenoxy) is 3. The van der Waals surface area contributed by atoms with E-state index in [2.05, 4.69) is 52.3 Å². The molecule has 2 aromatic carbocycles. The van der Waals surface area contributed by atoms with E-state index in [1.54, 1.807) is 104 Å². The Kier molecular flexibility index (Phi) is 32.0. The summed E-state index contributed by atoms with van der Waals surface area (Å²) in [5, 5.41) is 40.4. The van der Waals surface area contributed by atoms with E-state index < -0.39 is 168 Å². The molecule has 0 aliphatic carbocycles. The van der Waals surface area contributed by atoms with E-state index in [0.29, 0.717) is 36.9 Å². The van der Waals surface area contributed by atoms with Crippen molar-refractivity contribution in [1.29, 1.82) is 0 Å². The van der Waals surface area contributed by atoms with Gasteiger partial charge in [0.1, 0.15) is 30.8 Å². The van der Waals surface area contributed by atoms with Crippen LogP contribution < -0.4 is 37.6 Å². The number of aliphatic hydroxyl groups excluding tert-OH is 1. The topological polar surface area (TPSA) is 456 Å². The van der Waals surface area contributed by atoms with Gasteiger partial charge in [0.2, 0.25) is 72.8 Å². The number of nitrogens with one attached hydrogen (secondary N) is 6. The van der Waals surface area contributed by atoms with Crippen LogP contribution in [0.5, 0.6) is 0 Å². The first-order valence-corrected chi connectivity index (χ1v) is 38.1. The predicted octanol–water partition coefficient (Wildman–Crippen LogP) is 3.58. The Morgan fingerprint density at radius 3 is 1.89 bits per heavy atom. The molecular weight excluding hydrogens is 1380 g/mol. The number of urea groups is 1. The minimum absolute atomic E-state index is 0.0274. The smallest absolute Gasteiger partial charge is 0.410 e. The second-order valence-electron chi connectivity index (χ2n) is 27.3. The fourth-order valence-electron chi connectivity index (χ4n) is 12.4. The summed E-state index contributed by atoms with van der Waals surface area (Å²) in [4.78, 5) is 129. The molecule has 10 amide bonds. The van der Waals surface area contributed by atoms with Gasteiger partial charge in [0.05, 0.1) is 54.7 Å². The number of nitrogens with zero attached hydrogens (tertiary/aromatic N) is 7. The standard InChI is InChI=1S/C68H104N14O19S2/c1-17-40(8)56(49(97-13)35-52(84)82-32-22-26-48(82)58(98-14)41(9)59(86)71-42(10)57(85)44-23-19-18-20-24-44)80(11)64(90)54(38(4)5)75-62(89)55(39(6)7)81(12)68(92)99-36-43-27-29-46(30-28-43)72-60(87)47(25-21-31-70-65(69)91)73-61(88)53(37(2)3)74-50(83)33-45(63-77-79-67(101-63)103(16,95)96)34-51-76-78-66(100-51)102(15,93)94/h18-20,23-24,27-30,37-42,45,47-49,53-58,85H,17,21-22,25-26,31-36H2,1-16H3,(H,71,86)(H,72,87)(H,73,88)(H,74,83)(H,75,89)(H3,69,70,91)/t40-,41+,42+,45?,47-,48-,49+,53-,54-,55-,56-,57+,58+/m0/s1. The summed E-state index contributed by atoms with van der Waals surface area (Å²) >= 11 is 0. The molecule has 1 aliphatic heterocycles. The second-order valence-corrected chi connectivity index (χ2v) is 31.1. The molecule has 1 fully saturated rings. The van der Waals surface area contributed by atoms with Crippen LogP contribution in [0.15, 0.2) is 73.9 Å². The van der Waals surface area contributed by atoms with Gasteiger partial charge in [0, 0.05) is 72.4 Å². The van der Waals surface area contributed by atoms with Crippen molar-refractivity contribution < 1.29 is 88.1 Å². The molecule has 0 saturated carbocycles. The molecule has 4 aromatic rings. The van der Waals surface area contributed by atoms with Gasteiger partial charge >= 0.3 is 22.6 Å². The van der Waals surface area contributed by atoms with Crippen LogP contribution in [0.2, 0.25) is 0 Å². The highest BCUT2D eigenvalue weighted by Crippen LogP contribution is 2.32. The number of amides is 10. The number of carbonyl (C=O) groups is 9. The molecule has 35 heteroatoms. The maximum Gasteiger partial charge on any atom is 0.410 e. The molecule has 5 rings (SSSR count). The number of likely N-dealkylation sites (N-methyl/N-ethyl adjacent to an activating group) is 2. The van der Waals surface area contributed by atoms with Gasteiger partial charge in [-0.25, -0.2) is 26.4 Å². The summed E-state index contributed by atoms with van der Waals surface area (Å²) in [6.45, 7) is 17.8. The summed E-state index contributed by atoms with van der Waals surface area (Å²) in [5.74, 6) is -8.21. The van der Waals surface area contributed by atoms with Crippen molar-refractivity contribution in [2.45, 2.75) is 204 Å².